The number of halogens is 1. The van der Waals surface area contributed by atoms with E-state index in [1.54, 1.807) is 11.9 Å². The lowest BCUT2D eigenvalue weighted by molar-refractivity contribution is -0.135. The van der Waals surface area contributed by atoms with Crippen molar-refractivity contribution in [2.24, 2.45) is 5.92 Å². The highest BCUT2D eigenvalue weighted by Gasteiger charge is 2.44. The van der Waals surface area contributed by atoms with Crippen molar-refractivity contribution in [3.05, 3.63) is 59.5 Å². The largest absolute Gasteiger partial charge is 0.344 e. The second-order valence-corrected chi connectivity index (χ2v) is 8.01. The van der Waals surface area contributed by atoms with E-state index in [0.717, 1.165) is 11.1 Å². The van der Waals surface area contributed by atoms with Gasteiger partial charge in [-0.2, -0.15) is 4.39 Å². The van der Waals surface area contributed by atoms with E-state index >= 15 is 0 Å². The monoisotopic (exact) mass is 369 g/mol. The van der Waals surface area contributed by atoms with E-state index in [2.05, 4.69) is 43.2 Å². The van der Waals surface area contributed by atoms with Crippen LogP contribution in [0.4, 0.5) is 10.2 Å². The Morgan fingerprint density at radius 1 is 1.22 bits per heavy atom. The van der Waals surface area contributed by atoms with Crippen LogP contribution in [-0.4, -0.2) is 35.3 Å². The zero-order valence-corrected chi connectivity index (χ0v) is 16.0. The minimum Gasteiger partial charge on any atom is -0.344 e. The Bertz CT molecular complexity index is 876. The molecule has 0 saturated carbocycles. The smallest absolute Gasteiger partial charge is 0.238 e. The second kappa shape index (κ2) is 7.10. The highest BCUT2D eigenvalue weighted by Crippen LogP contribution is 2.35. The summed E-state index contributed by atoms with van der Waals surface area (Å²) < 4.78 is 13.3. The van der Waals surface area contributed by atoms with Crippen molar-refractivity contribution < 1.29 is 14.0 Å². The lowest BCUT2D eigenvalue weighted by Crippen LogP contribution is -2.33. The van der Waals surface area contributed by atoms with E-state index in [1.807, 2.05) is 12.1 Å². The average Bonchev–Trinajstić information content (AvgIpc) is 2.89. The Labute approximate surface area is 158 Å². The van der Waals surface area contributed by atoms with Gasteiger partial charge in [-0.25, -0.2) is 4.98 Å². The van der Waals surface area contributed by atoms with E-state index in [9.17, 15) is 14.0 Å². The van der Waals surface area contributed by atoms with E-state index in [4.69, 9.17) is 0 Å². The van der Waals surface area contributed by atoms with Gasteiger partial charge in [-0.15, -0.1) is 0 Å². The summed E-state index contributed by atoms with van der Waals surface area (Å²) in [5.74, 6) is -2.42. The third-order valence-electron chi connectivity index (χ3n) is 4.94. The van der Waals surface area contributed by atoms with Gasteiger partial charge < -0.3 is 10.2 Å². The molecule has 0 bridgehead atoms. The topological polar surface area (TPSA) is 62.3 Å². The van der Waals surface area contributed by atoms with Gasteiger partial charge >= 0.3 is 0 Å². The number of aromatic nitrogens is 1. The summed E-state index contributed by atoms with van der Waals surface area (Å²) in [5.41, 5.74) is 2.06. The van der Waals surface area contributed by atoms with Gasteiger partial charge in [0.15, 0.2) is 0 Å². The van der Waals surface area contributed by atoms with Gasteiger partial charge in [0.2, 0.25) is 17.8 Å². The molecule has 0 aliphatic carbocycles. The van der Waals surface area contributed by atoms with Crippen LogP contribution in [0.25, 0.3) is 0 Å². The van der Waals surface area contributed by atoms with Gasteiger partial charge in [0, 0.05) is 19.5 Å². The predicted octanol–water partition coefficient (Wildman–Crippen LogP) is 3.33. The number of carbonyl (C=O) groups is 2. The highest BCUT2D eigenvalue weighted by molar-refractivity contribution is 6.08. The first kappa shape index (κ1) is 19.0. The van der Waals surface area contributed by atoms with Crippen LogP contribution in [0.2, 0.25) is 0 Å². The molecule has 1 fully saturated rings. The molecular formula is C21H24FN3O2. The molecule has 1 aliphatic rings. The van der Waals surface area contributed by atoms with Crippen molar-refractivity contribution in [3.63, 3.8) is 0 Å². The number of anilines is 1. The number of amides is 2. The Morgan fingerprint density at radius 3 is 2.59 bits per heavy atom. The molecule has 2 heterocycles. The lowest BCUT2D eigenvalue weighted by Gasteiger charge is -2.22. The summed E-state index contributed by atoms with van der Waals surface area (Å²) >= 11 is 0. The SMILES string of the molecule is CN1C[C@H](c2cccc(C(C)(C)C)c2)[C@@H](C(=O)Nc2cccc(F)n2)C1=O. The molecule has 3 rings (SSSR count). The van der Waals surface area contributed by atoms with E-state index in [0.29, 0.717) is 6.54 Å². The van der Waals surface area contributed by atoms with Crippen LogP contribution in [0.15, 0.2) is 42.5 Å². The normalized spacial score (nSPS) is 20.0. The number of carbonyl (C=O) groups excluding carboxylic acids is 2. The van der Waals surface area contributed by atoms with Crippen molar-refractivity contribution in [2.75, 3.05) is 18.9 Å². The first-order valence-corrected chi connectivity index (χ1v) is 8.95. The molecule has 5 nitrogen and oxygen atoms in total. The molecule has 1 aliphatic heterocycles. The molecule has 2 atom stereocenters. The molecule has 2 amide bonds. The maximum atomic E-state index is 13.3. The Morgan fingerprint density at radius 2 is 1.93 bits per heavy atom. The molecular weight excluding hydrogens is 345 g/mol. The standard InChI is InChI=1S/C21H24FN3O2/c1-21(2,3)14-8-5-7-13(11-14)15-12-25(4)20(27)18(15)19(26)24-17-10-6-9-16(22)23-17/h5-11,15,18H,12H2,1-4H3,(H,23,24,26)/t15-,18+/m1/s1. The molecule has 6 heteroatoms. The highest BCUT2D eigenvalue weighted by atomic mass is 19.1. The second-order valence-electron chi connectivity index (χ2n) is 8.01. The summed E-state index contributed by atoms with van der Waals surface area (Å²) in [4.78, 5) is 30.7. The zero-order chi connectivity index (χ0) is 19.8. The summed E-state index contributed by atoms with van der Waals surface area (Å²) in [6.45, 7) is 6.83. The van der Waals surface area contributed by atoms with Crippen LogP contribution in [0, 0.1) is 11.9 Å². The fraction of sp³-hybridized carbons (Fsp3) is 0.381. The number of pyridine rings is 1. The third-order valence-corrected chi connectivity index (χ3v) is 4.94. The van der Waals surface area contributed by atoms with Gasteiger partial charge in [-0.3, -0.25) is 9.59 Å². The van der Waals surface area contributed by atoms with Crippen LogP contribution < -0.4 is 5.32 Å². The molecule has 1 aromatic carbocycles. The van der Waals surface area contributed by atoms with Crippen LogP contribution in [-0.2, 0) is 15.0 Å². The van der Waals surface area contributed by atoms with Gasteiger partial charge in [-0.1, -0.05) is 51.1 Å². The zero-order valence-electron chi connectivity index (χ0n) is 16.0. The van der Waals surface area contributed by atoms with Crippen molar-refractivity contribution in [3.8, 4) is 0 Å². The average molecular weight is 369 g/mol. The number of rotatable bonds is 3. The van der Waals surface area contributed by atoms with Crippen LogP contribution in [0.1, 0.15) is 37.8 Å². The summed E-state index contributed by atoms with van der Waals surface area (Å²) in [5, 5.41) is 2.58. The van der Waals surface area contributed by atoms with Crippen LogP contribution >= 0.6 is 0 Å². The van der Waals surface area contributed by atoms with E-state index in [-0.39, 0.29) is 23.1 Å². The first-order chi connectivity index (χ1) is 12.7. The van der Waals surface area contributed by atoms with Crippen molar-refractivity contribution in [1.29, 1.82) is 0 Å². The molecule has 1 N–H and O–H groups in total. The predicted molar refractivity (Wildman–Crippen MR) is 102 cm³/mol. The number of likely N-dealkylation sites (tertiary alicyclic amines) is 1. The fourth-order valence-corrected chi connectivity index (χ4v) is 3.41. The van der Waals surface area contributed by atoms with Crippen LogP contribution in [0.3, 0.4) is 0 Å². The number of nitrogens with zero attached hydrogens (tertiary/aromatic N) is 2. The molecule has 27 heavy (non-hydrogen) atoms. The molecule has 2 aromatic rings. The van der Waals surface area contributed by atoms with E-state index in [1.165, 1.54) is 18.2 Å². The number of likely N-dealkylation sites (N-methyl/N-ethyl adjacent to an activating group) is 1. The Balaban J connectivity index is 1.90. The maximum absolute atomic E-state index is 13.3. The van der Waals surface area contributed by atoms with Crippen molar-refractivity contribution >= 4 is 17.6 Å². The van der Waals surface area contributed by atoms with Crippen LogP contribution in [0.5, 0.6) is 0 Å². The van der Waals surface area contributed by atoms with Crippen molar-refractivity contribution in [2.45, 2.75) is 32.1 Å². The fourth-order valence-electron chi connectivity index (χ4n) is 3.41. The molecule has 1 saturated heterocycles. The van der Waals surface area contributed by atoms with Gasteiger partial charge in [0.1, 0.15) is 11.7 Å². The quantitative estimate of drug-likeness (QED) is 0.667. The van der Waals surface area contributed by atoms with Gasteiger partial charge in [0.05, 0.1) is 0 Å². The molecule has 0 radical (unpaired) electrons. The lowest BCUT2D eigenvalue weighted by atomic mass is 9.82. The minimum atomic E-state index is -0.865. The summed E-state index contributed by atoms with van der Waals surface area (Å²) in [6.07, 6.45) is 0. The molecule has 0 spiro atoms. The Kier molecular flexibility index (Phi) is 5.00. The Hall–Kier alpha value is -2.76. The van der Waals surface area contributed by atoms with E-state index < -0.39 is 17.8 Å². The number of nitrogens with one attached hydrogen (secondary N) is 1. The number of benzene rings is 1. The number of hydrogen-bond acceptors (Lipinski definition) is 3. The summed E-state index contributed by atoms with van der Waals surface area (Å²) in [6, 6.07) is 12.2. The van der Waals surface area contributed by atoms with Gasteiger partial charge in [0.25, 0.3) is 0 Å². The number of hydrogen-bond donors (Lipinski definition) is 1. The minimum absolute atomic E-state index is 0.0340. The first-order valence-electron chi connectivity index (χ1n) is 8.95. The molecule has 1 aromatic heterocycles. The summed E-state index contributed by atoms with van der Waals surface area (Å²) in [7, 11) is 1.69. The van der Waals surface area contributed by atoms with Gasteiger partial charge in [-0.05, 0) is 28.7 Å². The molecule has 0 unspecified atom stereocenters. The molecule has 142 valence electrons. The van der Waals surface area contributed by atoms with Crippen molar-refractivity contribution in [1.82, 2.24) is 9.88 Å². The maximum Gasteiger partial charge on any atom is 0.238 e. The third kappa shape index (κ3) is 3.99.